The van der Waals surface area contributed by atoms with E-state index in [-0.39, 0.29) is 24.4 Å². The van der Waals surface area contributed by atoms with E-state index in [1.165, 1.54) is 5.56 Å². The number of anilines is 2. The van der Waals surface area contributed by atoms with Crippen LogP contribution in [0.15, 0.2) is 71.8 Å². The van der Waals surface area contributed by atoms with Gasteiger partial charge in [-0.1, -0.05) is 65.1 Å². The number of carbonyl (C=O) groups is 1. The lowest BCUT2D eigenvalue weighted by Crippen LogP contribution is -2.44. The predicted octanol–water partition coefficient (Wildman–Crippen LogP) is 6.47. The number of halogens is 4. The monoisotopic (exact) mass is 520 g/mol. The molecule has 0 saturated carbocycles. The molecule has 0 aromatic heterocycles. The van der Waals surface area contributed by atoms with Gasteiger partial charge in [-0.2, -0.15) is 5.10 Å². The Hall–Kier alpha value is -2.44. The number of nitrogens with one attached hydrogen (secondary N) is 1. The van der Waals surface area contributed by atoms with Crippen LogP contribution in [0.25, 0.3) is 0 Å². The lowest BCUT2D eigenvalue weighted by atomic mass is 10.0. The fourth-order valence-corrected chi connectivity index (χ4v) is 4.74. The molecule has 9 heteroatoms. The molecule has 2 aliphatic rings. The smallest absolute Gasteiger partial charge is 0.285 e. The maximum Gasteiger partial charge on any atom is 0.286 e. The number of benzene rings is 3. The first-order valence-electron chi connectivity index (χ1n) is 10.2. The summed E-state index contributed by atoms with van der Waals surface area (Å²) in [5.41, 5.74) is 7.35. The lowest BCUT2D eigenvalue weighted by Gasteiger charge is -2.25. The molecular weight excluding hydrogens is 502 g/mol. The highest BCUT2D eigenvalue weighted by atomic mass is 35.5. The molecule has 2 aliphatic heterocycles. The number of hydrazine groups is 1. The first-order chi connectivity index (χ1) is 15.5. The van der Waals surface area contributed by atoms with Gasteiger partial charge in [0.05, 0.1) is 22.4 Å². The zero-order valence-corrected chi connectivity index (χ0v) is 20.4. The minimum atomic E-state index is -0.228. The number of rotatable bonds is 4. The molecule has 0 radical (unpaired) electrons. The summed E-state index contributed by atoms with van der Waals surface area (Å²) in [6.45, 7) is 0.728. The molecule has 1 atom stereocenters. The van der Waals surface area contributed by atoms with Gasteiger partial charge in [0.2, 0.25) is 0 Å². The molecule has 5 nitrogen and oxygen atoms in total. The molecule has 0 aliphatic carbocycles. The van der Waals surface area contributed by atoms with Crippen LogP contribution in [0.2, 0.25) is 15.1 Å². The summed E-state index contributed by atoms with van der Waals surface area (Å²) < 4.78 is 0. The number of carbonyl (C=O) groups excluding carboxylic acids is 1. The van der Waals surface area contributed by atoms with Crippen molar-refractivity contribution in [3.8, 4) is 0 Å². The summed E-state index contributed by atoms with van der Waals surface area (Å²) in [5.74, 6) is -0.228. The highest BCUT2D eigenvalue weighted by molar-refractivity contribution is 6.40. The van der Waals surface area contributed by atoms with Crippen LogP contribution < -0.4 is 15.4 Å². The van der Waals surface area contributed by atoms with Crippen molar-refractivity contribution in [2.45, 2.75) is 18.9 Å². The first-order valence-corrected chi connectivity index (χ1v) is 11.4. The summed E-state index contributed by atoms with van der Waals surface area (Å²) in [5, 5.41) is 10.0. The highest BCUT2D eigenvalue weighted by Gasteiger charge is 2.34. The minimum absolute atomic E-state index is 0. The molecule has 2 heterocycles. The summed E-state index contributed by atoms with van der Waals surface area (Å²) in [6.07, 6.45) is 1.32. The van der Waals surface area contributed by atoms with Crippen molar-refractivity contribution >= 4 is 70.2 Å². The third-order valence-electron chi connectivity index (χ3n) is 5.71. The molecule has 0 spiro atoms. The molecule has 1 N–H and O–H groups in total. The van der Waals surface area contributed by atoms with E-state index in [0.29, 0.717) is 32.9 Å². The van der Waals surface area contributed by atoms with Crippen molar-refractivity contribution in [2.75, 3.05) is 16.6 Å². The van der Waals surface area contributed by atoms with Gasteiger partial charge < -0.3 is 0 Å². The Morgan fingerprint density at radius 1 is 0.939 bits per heavy atom. The number of amides is 1. The standard InChI is InChI=1S/C24H19Cl3N4O.ClH/c25-17-7-5-16(6-8-17)23-14-20(28-31(23)22-10-9-18(26)13-19(22)27)24(32)29-30-12-11-15-3-1-2-4-21(15)30;/h1-10,13,23H,11-12,14H2,(H,29,32);1H/t23-;/m1./s1. The Morgan fingerprint density at radius 2 is 1.67 bits per heavy atom. The van der Waals surface area contributed by atoms with E-state index >= 15 is 0 Å². The Labute approximate surface area is 213 Å². The first kappa shape index (κ1) is 23.7. The van der Waals surface area contributed by atoms with E-state index in [1.54, 1.807) is 17.1 Å². The average molecular weight is 522 g/mol. The Bertz CT molecular complexity index is 1220. The van der Waals surface area contributed by atoms with Crippen LogP contribution in [0.4, 0.5) is 11.4 Å². The molecule has 0 unspecified atom stereocenters. The molecule has 1 amide bonds. The number of hydrogen-bond acceptors (Lipinski definition) is 4. The van der Waals surface area contributed by atoms with Gasteiger partial charge in [-0.25, -0.2) is 0 Å². The number of hydrazone groups is 1. The third kappa shape index (κ3) is 4.78. The van der Waals surface area contributed by atoms with Crippen molar-refractivity contribution in [3.05, 3.63) is 92.9 Å². The number of fused-ring (bicyclic) bond motifs is 1. The Kier molecular flexibility index (Phi) is 7.05. The van der Waals surface area contributed by atoms with Crippen LogP contribution in [-0.4, -0.2) is 18.2 Å². The molecule has 0 bridgehead atoms. The number of nitrogens with zero attached hydrogens (tertiary/aromatic N) is 3. The van der Waals surface area contributed by atoms with E-state index in [2.05, 4.69) is 16.6 Å². The van der Waals surface area contributed by atoms with Crippen molar-refractivity contribution in [1.29, 1.82) is 0 Å². The Balaban J connectivity index is 0.00000259. The van der Waals surface area contributed by atoms with Crippen LogP contribution in [-0.2, 0) is 11.2 Å². The molecule has 3 aromatic rings. The summed E-state index contributed by atoms with van der Waals surface area (Å²) in [4.78, 5) is 13.2. The SMILES string of the molecule is Cl.O=C(NN1CCc2ccccc21)C1=NN(c2ccc(Cl)cc2Cl)[C@@H](c2ccc(Cl)cc2)C1. The largest absolute Gasteiger partial charge is 0.286 e. The maximum absolute atomic E-state index is 13.2. The molecule has 5 rings (SSSR count). The van der Waals surface area contributed by atoms with Gasteiger partial charge in [0.15, 0.2) is 0 Å². The number of para-hydroxylation sites is 1. The van der Waals surface area contributed by atoms with Gasteiger partial charge in [-0.15, -0.1) is 12.4 Å². The van der Waals surface area contributed by atoms with Crippen molar-refractivity contribution in [1.82, 2.24) is 5.43 Å². The van der Waals surface area contributed by atoms with E-state index in [9.17, 15) is 4.79 Å². The molecule has 33 heavy (non-hydrogen) atoms. The maximum atomic E-state index is 13.2. The van der Waals surface area contributed by atoms with E-state index < -0.39 is 0 Å². The van der Waals surface area contributed by atoms with Crippen molar-refractivity contribution in [2.24, 2.45) is 5.10 Å². The minimum Gasteiger partial charge on any atom is -0.285 e. The lowest BCUT2D eigenvalue weighted by molar-refractivity contribution is -0.115. The molecule has 3 aromatic carbocycles. The number of hydrogen-bond donors (Lipinski definition) is 1. The van der Waals surface area contributed by atoms with E-state index in [4.69, 9.17) is 34.8 Å². The zero-order chi connectivity index (χ0) is 22.2. The van der Waals surface area contributed by atoms with Gasteiger partial charge in [0.1, 0.15) is 5.71 Å². The normalized spacial score (nSPS) is 16.8. The fraction of sp³-hybridized carbons (Fsp3) is 0.167. The molecular formula is C24H20Cl4N4O. The predicted molar refractivity (Wildman–Crippen MR) is 138 cm³/mol. The molecule has 0 saturated heterocycles. The van der Waals surface area contributed by atoms with Gasteiger partial charge in [0.25, 0.3) is 5.91 Å². The van der Waals surface area contributed by atoms with Crippen LogP contribution in [0.1, 0.15) is 23.6 Å². The second kappa shape index (κ2) is 9.82. The summed E-state index contributed by atoms with van der Waals surface area (Å²) >= 11 is 18.7. The van der Waals surface area contributed by atoms with Gasteiger partial charge >= 0.3 is 0 Å². The molecule has 170 valence electrons. The second-order valence-corrected chi connectivity index (χ2v) is 9.01. The van der Waals surface area contributed by atoms with Gasteiger partial charge in [-0.05, 0) is 53.9 Å². The van der Waals surface area contributed by atoms with E-state index in [1.807, 2.05) is 53.5 Å². The van der Waals surface area contributed by atoms with Crippen LogP contribution >= 0.6 is 47.2 Å². The quantitative estimate of drug-likeness (QED) is 0.428. The summed E-state index contributed by atoms with van der Waals surface area (Å²) in [6, 6.07) is 20.7. The Morgan fingerprint density at radius 3 is 2.42 bits per heavy atom. The van der Waals surface area contributed by atoms with E-state index in [0.717, 1.165) is 24.2 Å². The van der Waals surface area contributed by atoms with Crippen LogP contribution in [0.5, 0.6) is 0 Å². The van der Waals surface area contributed by atoms with Crippen LogP contribution in [0, 0.1) is 0 Å². The fourth-order valence-electron chi connectivity index (χ4n) is 4.12. The zero-order valence-electron chi connectivity index (χ0n) is 17.3. The second-order valence-electron chi connectivity index (χ2n) is 7.73. The van der Waals surface area contributed by atoms with Crippen molar-refractivity contribution in [3.63, 3.8) is 0 Å². The van der Waals surface area contributed by atoms with Gasteiger partial charge in [0, 0.05) is 23.0 Å². The summed E-state index contributed by atoms with van der Waals surface area (Å²) in [7, 11) is 0. The topological polar surface area (TPSA) is 47.9 Å². The van der Waals surface area contributed by atoms with Crippen LogP contribution in [0.3, 0.4) is 0 Å². The molecule has 0 fully saturated rings. The highest BCUT2D eigenvalue weighted by Crippen LogP contribution is 2.40. The van der Waals surface area contributed by atoms with Crippen molar-refractivity contribution < 1.29 is 4.79 Å². The third-order valence-corrected chi connectivity index (χ3v) is 6.50. The average Bonchev–Trinajstić information content (AvgIpc) is 3.39. The van der Waals surface area contributed by atoms with Gasteiger partial charge in [-0.3, -0.25) is 20.2 Å².